The lowest BCUT2D eigenvalue weighted by Gasteiger charge is -2.58. The summed E-state index contributed by atoms with van der Waals surface area (Å²) in [4.78, 5) is 32.1. The highest BCUT2D eigenvalue weighted by atomic mass is 16.5. The van der Waals surface area contributed by atoms with Gasteiger partial charge in [0.05, 0.1) is 12.1 Å². The van der Waals surface area contributed by atoms with Crippen molar-refractivity contribution in [3.05, 3.63) is 33.7 Å². The maximum Gasteiger partial charge on any atom is 0.260 e. The SMILES string of the molecule is Cc1ccc(C(=O)N2CC(C)(C)OC3(CN(CC4CC4)C3)C2)c(=O)[nH]1. The van der Waals surface area contributed by atoms with Crippen LogP contribution in [0.4, 0.5) is 0 Å². The highest BCUT2D eigenvalue weighted by Gasteiger charge is 2.53. The second-order valence-corrected chi connectivity index (χ2v) is 8.70. The summed E-state index contributed by atoms with van der Waals surface area (Å²) in [5.41, 5.74) is -0.0316. The van der Waals surface area contributed by atoms with Gasteiger partial charge in [0, 0.05) is 31.9 Å². The zero-order valence-corrected chi connectivity index (χ0v) is 15.3. The number of H-pyrrole nitrogens is 1. The van der Waals surface area contributed by atoms with Crippen molar-refractivity contribution < 1.29 is 9.53 Å². The lowest BCUT2D eigenvalue weighted by molar-refractivity contribution is -0.240. The fourth-order valence-electron chi connectivity index (χ4n) is 4.30. The third-order valence-electron chi connectivity index (χ3n) is 5.35. The molecule has 6 nitrogen and oxygen atoms in total. The molecule has 1 aliphatic carbocycles. The summed E-state index contributed by atoms with van der Waals surface area (Å²) in [5.74, 6) is 0.662. The Kier molecular flexibility index (Phi) is 3.81. The topological polar surface area (TPSA) is 65.6 Å². The maximum absolute atomic E-state index is 13.0. The number of aromatic amines is 1. The first-order valence-corrected chi connectivity index (χ1v) is 9.17. The third kappa shape index (κ3) is 3.37. The molecular formula is C19H27N3O3. The Morgan fingerprint density at radius 1 is 1.24 bits per heavy atom. The average molecular weight is 345 g/mol. The Hall–Kier alpha value is -1.66. The van der Waals surface area contributed by atoms with Gasteiger partial charge in [-0.15, -0.1) is 0 Å². The van der Waals surface area contributed by atoms with Crippen LogP contribution in [0.25, 0.3) is 0 Å². The Labute approximate surface area is 148 Å². The molecule has 6 heteroatoms. The van der Waals surface area contributed by atoms with Gasteiger partial charge in [0.15, 0.2) is 0 Å². The number of pyridine rings is 1. The zero-order valence-electron chi connectivity index (χ0n) is 15.3. The van der Waals surface area contributed by atoms with E-state index in [0.29, 0.717) is 13.1 Å². The molecule has 136 valence electrons. The highest BCUT2D eigenvalue weighted by Crippen LogP contribution is 2.39. The van der Waals surface area contributed by atoms with E-state index in [0.717, 1.165) is 31.2 Å². The number of hydrogen-bond donors (Lipinski definition) is 1. The van der Waals surface area contributed by atoms with Gasteiger partial charge >= 0.3 is 0 Å². The Balaban J connectivity index is 1.51. The van der Waals surface area contributed by atoms with E-state index < -0.39 is 5.60 Å². The van der Waals surface area contributed by atoms with Crippen LogP contribution < -0.4 is 5.56 Å². The van der Waals surface area contributed by atoms with E-state index in [2.05, 4.69) is 9.88 Å². The molecule has 1 amide bonds. The van der Waals surface area contributed by atoms with Crippen LogP contribution in [0.2, 0.25) is 0 Å². The lowest BCUT2D eigenvalue weighted by atomic mass is 9.88. The van der Waals surface area contributed by atoms with Crippen LogP contribution in [0, 0.1) is 12.8 Å². The number of morpholine rings is 1. The molecule has 4 rings (SSSR count). The molecule has 0 aromatic carbocycles. The summed E-state index contributed by atoms with van der Waals surface area (Å²) in [5, 5.41) is 0. The Bertz CT molecular complexity index is 745. The standard InChI is InChI=1S/C19H27N3O3/c1-13-4-7-15(16(23)20-13)17(24)22-9-18(2,3)25-19(12-22)10-21(11-19)8-14-5-6-14/h4,7,14H,5-6,8-12H2,1-3H3,(H,20,23). The van der Waals surface area contributed by atoms with Crippen LogP contribution >= 0.6 is 0 Å². The van der Waals surface area contributed by atoms with Gasteiger partial charge in [0.1, 0.15) is 11.2 Å². The van der Waals surface area contributed by atoms with E-state index in [4.69, 9.17) is 4.74 Å². The van der Waals surface area contributed by atoms with Crippen molar-refractivity contribution in [3.63, 3.8) is 0 Å². The molecule has 3 fully saturated rings. The second-order valence-electron chi connectivity index (χ2n) is 8.70. The summed E-state index contributed by atoms with van der Waals surface area (Å²) in [6.07, 6.45) is 2.69. The predicted octanol–water partition coefficient (Wildman–Crippen LogP) is 1.40. The van der Waals surface area contributed by atoms with Gasteiger partial charge < -0.3 is 14.6 Å². The normalized spacial score (nSPS) is 25.0. The van der Waals surface area contributed by atoms with Crippen LogP contribution in [0.15, 0.2) is 16.9 Å². The number of hydrogen-bond acceptors (Lipinski definition) is 4. The minimum atomic E-state index is -0.406. The number of aromatic nitrogens is 1. The third-order valence-corrected chi connectivity index (χ3v) is 5.35. The molecule has 1 N–H and O–H groups in total. The fraction of sp³-hybridized carbons (Fsp3) is 0.684. The molecule has 3 heterocycles. The lowest BCUT2D eigenvalue weighted by Crippen LogP contribution is -2.74. The molecular weight excluding hydrogens is 318 g/mol. The number of nitrogens with one attached hydrogen (secondary N) is 1. The summed E-state index contributed by atoms with van der Waals surface area (Å²) < 4.78 is 6.37. The molecule has 1 spiro atoms. The van der Waals surface area contributed by atoms with Crippen molar-refractivity contribution in [2.24, 2.45) is 5.92 Å². The molecule has 0 radical (unpaired) electrons. The Morgan fingerprint density at radius 2 is 1.96 bits per heavy atom. The van der Waals surface area contributed by atoms with Gasteiger partial charge in [-0.05, 0) is 51.7 Å². The van der Waals surface area contributed by atoms with Crippen LogP contribution in [0.1, 0.15) is 42.7 Å². The number of nitrogens with zero attached hydrogens (tertiary/aromatic N) is 2. The number of aryl methyl sites for hydroxylation is 1. The van der Waals surface area contributed by atoms with E-state index in [-0.39, 0.29) is 22.6 Å². The van der Waals surface area contributed by atoms with Crippen molar-refractivity contribution in [1.82, 2.24) is 14.8 Å². The zero-order chi connectivity index (χ0) is 17.8. The van der Waals surface area contributed by atoms with Crippen LogP contribution in [0.5, 0.6) is 0 Å². The molecule has 2 aliphatic heterocycles. The summed E-state index contributed by atoms with van der Waals surface area (Å²) in [6, 6.07) is 3.41. The quantitative estimate of drug-likeness (QED) is 0.899. The van der Waals surface area contributed by atoms with Crippen molar-refractivity contribution in [2.75, 3.05) is 32.7 Å². The second kappa shape index (κ2) is 5.68. The smallest absolute Gasteiger partial charge is 0.260 e. The summed E-state index contributed by atoms with van der Waals surface area (Å²) in [6.45, 7) is 9.83. The molecule has 0 bridgehead atoms. The molecule has 1 aromatic heterocycles. The van der Waals surface area contributed by atoms with E-state index in [1.165, 1.54) is 12.8 Å². The average Bonchev–Trinajstić information content (AvgIpc) is 3.27. The van der Waals surface area contributed by atoms with Gasteiger partial charge in [-0.3, -0.25) is 14.5 Å². The van der Waals surface area contributed by atoms with Crippen LogP contribution in [0.3, 0.4) is 0 Å². The first kappa shape index (κ1) is 16.8. The molecule has 1 aromatic rings. The van der Waals surface area contributed by atoms with Gasteiger partial charge in [0.25, 0.3) is 11.5 Å². The fourth-order valence-corrected chi connectivity index (χ4v) is 4.30. The van der Waals surface area contributed by atoms with Crippen LogP contribution in [-0.4, -0.2) is 64.6 Å². The first-order valence-electron chi connectivity index (χ1n) is 9.17. The van der Waals surface area contributed by atoms with Gasteiger partial charge in [-0.25, -0.2) is 0 Å². The van der Waals surface area contributed by atoms with Crippen molar-refractivity contribution >= 4 is 5.91 Å². The maximum atomic E-state index is 13.0. The van der Waals surface area contributed by atoms with E-state index in [9.17, 15) is 9.59 Å². The first-order chi connectivity index (χ1) is 11.8. The monoisotopic (exact) mass is 345 g/mol. The molecule has 2 saturated heterocycles. The molecule has 0 unspecified atom stereocenters. The number of carbonyl (C=O) groups excluding carboxylic acids is 1. The number of amides is 1. The number of ether oxygens (including phenoxy) is 1. The molecule has 1 saturated carbocycles. The summed E-state index contributed by atoms with van der Waals surface area (Å²) >= 11 is 0. The number of likely N-dealkylation sites (tertiary alicyclic amines) is 1. The molecule has 0 atom stereocenters. The predicted molar refractivity (Wildman–Crippen MR) is 94.8 cm³/mol. The van der Waals surface area contributed by atoms with Gasteiger partial charge in [0.2, 0.25) is 0 Å². The molecule has 3 aliphatic rings. The largest absolute Gasteiger partial charge is 0.363 e. The van der Waals surface area contributed by atoms with E-state index in [1.54, 1.807) is 17.0 Å². The number of rotatable bonds is 3. The van der Waals surface area contributed by atoms with Crippen molar-refractivity contribution in [1.29, 1.82) is 0 Å². The van der Waals surface area contributed by atoms with Crippen molar-refractivity contribution in [2.45, 2.75) is 44.8 Å². The van der Waals surface area contributed by atoms with Crippen LogP contribution in [-0.2, 0) is 4.74 Å². The minimum Gasteiger partial charge on any atom is -0.363 e. The Morgan fingerprint density at radius 3 is 2.60 bits per heavy atom. The van der Waals surface area contributed by atoms with Gasteiger partial charge in [-0.1, -0.05) is 0 Å². The number of carbonyl (C=O) groups is 1. The molecule has 25 heavy (non-hydrogen) atoms. The summed E-state index contributed by atoms with van der Waals surface area (Å²) in [7, 11) is 0. The van der Waals surface area contributed by atoms with E-state index in [1.807, 2.05) is 20.8 Å². The van der Waals surface area contributed by atoms with E-state index >= 15 is 0 Å². The highest BCUT2D eigenvalue weighted by molar-refractivity contribution is 5.94. The van der Waals surface area contributed by atoms with Crippen molar-refractivity contribution in [3.8, 4) is 0 Å². The van der Waals surface area contributed by atoms with Gasteiger partial charge in [-0.2, -0.15) is 0 Å². The minimum absolute atomic E-state index is 0.197.